The lowest BCUT2D eigenvalue weighted by molar-refractivity contribution is -0.106. The molecule has 0 N–H and O–H groups in total. The Labute approximate surface area is 74.7 Å². The van der Waals surface area contributed by atoms with Gasteiger partial charge in [0.05, 0.1) is 0 Å². The summed E-state index contributed by atoms with van der Waals surface area (Å²) in [7, 11) is 0. The van der Waals surface area contributed by atoms with Crippen molar-refractivity contribution in [2.45, 2.75) is 6.92 Å². The number of aryl methyl sites for hydroxylation is 1. The summed E-state index contributed by atoms with van der Waals surface area (Å²) in [6.45, 7) is 1.83. The summed E-state index contributed by atoms with van der Waals surface area (Å²) in [5.74, 6) is -2.49. The van der Waals surface area contributed by atoms with E-state index in [0.29, 0.717) is 0 Å². The molecule has 0 aromatic heterocycles. The highest BCUT2D eigenvalue weighted by Crippen LogP contribution is 2.20. The van der Waals surface area contributed by atoms with Crippen molar-refractivity contribution >= 4 is 12.1 Å². The van der Waals surface area contributed by atoms with Crippen molar-refractivity contribution in [3.8, 4) is 0 Å². The van der Waals surface area contributed by atoms with Gasteiger partial charge in [0.1, 0.15) is 0 Å². The minimum absolute atomic E-state index is 0.0789. The van der Waals surface area contributed by atoms with Crippen LogP contribution in [0.5, 0.6) is 0 Å². The van der Waals surface area contributed by atoms with E-state index >= 15 is 0 Å². The van der Waals surface area contributed by atoms with Gasteiger partial charge in [-0.2, -0.15) is 0 Å². The molecule has 1 rings (SSSR count). The van der Waals surface area contributed by atoms with E-state index in [2.05, 4.69) is 0 Å². The quantitative estimate of drug-likeness (QED) is 0.507. The molecular formula is C10H8F2O. The Hall–Kier alpha value is -1.51. The zero-order chi connectivity index (χ0) is 9.84. The van der Waals surface area contributed by atoms with Crippen molar-refractivity contribution in [3.63, 3.8) is 0 Å². The van der Waals surface area contributed by atoms with Crippen LogP contribution in [0.2, 0.25) is 0 Å². The van der Waals surface area contributed by atoms with Crippen LogP contribution in [0.15, 0.2) is 30.1 Å². The number of hydrogen-bond acceptors (Lipinski definition) is 1. The number of hydrogen-bond donors (Lipinski definition) is 0. The van der Waals surface area contributed by atoms with E-state index < -0.39 is 11.7 Å². The molecule has 0 spiro atoms. The van der Waals surface area contributed by atoms with Gasteiger partial charge in [0.15, 0.2) is 17.9 Å². The van der Waals surface area contributed by atoms with Crippen molar-refractivity contribution in [1.82, 2.24) is 0 Å². The molecule has 1 aromatic carbocycles. The summed E-state index contributed by atoms with van der Waals surface area (Å²) in [5, 5.41) is 0. The van der Waals surface area contributed by atoms with Crippen molar-refractivity contribution in [3.05, 3.63) is 41.2 Å². The number of halogens is 2. The maximum absolute atomic E-state index is 12.9. The summed E-state index contributed by atoms with van der Waals surface area (Å²) in [6, 6.07) is 6.14. The molecule has 0 fully saturated rings. The molecule has 0 amide bonds. The van der Waals surface area contributed by atoms with Gasteiger partial charge in [-0.3, -0.25) is 4.79 Å². The van der Waals surface area contributed by atoms with Gasteiger partial charge >= 0.3 is 0 Å². The molecule has 68 valence electrons. The number of rotatable bonds is 2. The highest BCUT2D eigenvalue weighted by Gasteiger charge is 2.06. The van der Waals surface area contributed by atoms with Crippen molar-refractivity contribution < 1.29 is 13.6 Å². The molecule has 0 heterocycles. The highest BCUT2D eigenvalue weighted by atomic mass is 19.2. The number of carbonyl (C=O) groups is 1. The van der Waals surface area contributed by atoms with E-state index in [-0.39, 0.29) is 11.8 Å². The van der Waals surface area contributed by atoms with Crippen LogP contribution < -0.4 is 0 Å². The molecule has 0 aliphatic heterocycles. The largest absolute Gasteiger partial charge is 0.295 e. The van der Waals surface area contributed by atoms with Crippen molar-refractivity contribution in [1.29, 1.82) is 0 Å². The predicted octanol–water partition coefficient (Wildman–Crippen LogP) is 2.80. The standard InChI is InChI=1S/C10H8F2O/c1-7-2-4-8(5-3-7)10(12)9(11)6-13/h2-6H,1H3/b10-9+. The van der Waals surface area contributed by atoms with Crippen LogP contribution in [0.4, 0.5) is 8.78 Å². The first-order valence-corrected chi connectivity index (χ1v) is 3.72. The first-order valence-electron chi connectivity index (χ1n) is 3.72. The molecule has 0 atom stereocenters. The first-order chi connectivity index (χ1) is 6.15. The summed E-state index contributed by atoms with van der Waals surface area (Å²) in [4.78, 5) is 9.91. The Kier molecular flexibility index (Phi) is 2.90. The van der Waals surface area contributed by atoms with Gasteiger partial charge in [0.25, 0.3) is 0 Å². The van der Waals surface area contributed by atoms with Gasteiger partial charge in [-0.15, -0.1) is 0 Å². The van der Waals surface area contributed by atoms with E-state index in [4.69, 9.17) is 0 Å². The van der Waals surface area contributed by atoms with Crippen LogP contribution in [-0.4, -0.2) is 6.29 Å². The maximum Gasteiger partial charge on any atom is 0.199 e. The molecular weight excluding hydrogens is 174 g/mol. The zero-order valence-corrected chi connectivity index (χ0v) is 7.05. The topological polar surface area (TPSA) is 17.1 Å². The molecule has 0 aliphatic rings. The Balaban J connectivity index is 3.09. The molecule has 1 nitrogen and oxygen atoms in total. The maximum atomic E-state index is 12.9. The van der Waals surface area contributed by atoms with Crippen LogP contribution in [0.1, 0.15) is 11.1 Å². The van der Waals surface area contributed by atoms with E-state index in [9.17, 15) is 13.6 Å². The van der Waals surface area contributed by atoms with E-state index in [0.717, 1.165) is 5.56 Å². The fraction of sp³-hybridized carbons (Fsp3) is 0.100. The van der Waals surface area contributed by atoms with Crippen molar-refractivity contribution in [2.24, 2.45) is 0 Å². The average Bonchev–Trinajstić information content (AvgIpc) is 2.17. The summed E-state index contributed by atoms with van der Waals surface area (Å²) in [5.41, 5.74) is 1.03. The Morgan fingerprint density at radius 1 is 1.23 bits per heavy atom. The van der Waals surface area contributed by atoms with Crippen molar-refractivity contribution in [2.75, 3.05) is 0 Å². The average molecular weight is 182 g/mol. The molecule has 3 heteroatoms. The number of carbonyl (C=O) groups excluding carboxylic acids is 1. The van der Waals surface area contributed by atoms with Crippen LogP contribution in [-0.2, 0) is 4.79 Å². The van der Waals surface area contributed by atoms with Gasteiger partial charge in [-0.1, -0.05) is 29.8 Å². The van der Waals surface area contributed by atoms with Gasteiger partial charge in [0, 0.05) is 5.56 Å². The highest BCUT2D eigenvalue weighted by molar-refractivity contribution is 5.82. The number of benzene rings is 1. The molecule has 0 bridgehead atoms. The zero-order valence-electron chi connectivity index (χ0n) is 7.05. The van der Waals surface area contributed by atoms with E-state index in [1.165, 1.54) is 12.1 Å². The summed E-state index contributed by atoms with van der Waals surface area (Å²) >= 11 is 0. The summed E-state index contributed by atoms with van der Waals surface area (Å²) < 4.78 is 25.4. The van der Waals surface area contributed by atoms with E-state index in [1.54, 1.807) is 12.1 Å². The summed E-state index contributed by atoms with van der Waals surface area (Å²) in [6.07, 6.45) is -0.144. The van der Waals surface area contributed by atoms with Crippen LogP contribution in [0.3, 0.4) is 0 Å². The SMILES string of the molecule is Cc1ccc(/C(F)=C(\F)C=O)cc1. The second-order valence-electron chi connectivity index (χ2n) is 2.65. The van der Waals surface area contributed by atoms with Gasteiger partial charge in [0.2, 0.25) is 0 Å². The smallest absolute Gasteiger partial charge is 0.199 e. The third-order valence-electron chi connectivity index (χ3n) is 1.62. The molecule has 0 saturated carbocycles. The normalized spacial score (nSPS) is 12.2. The number of allylic oxidation sites excluding steroid dienone is 1. The monoisotopic (exact) mass is 182 g/mol. The van der Waals surface area contributed by atoms with Gasteiger partial charge in [-0.05, 0) is 6.92 Å². The number of aldehydes is 1. The van der Waals surface area contributed by atoms with E-state index in [1.807, 2.05) is 6.92 Å². The lowest BCUT2D eigenvalue weighted by Gasteiger charge is -1.97. The second kappa shape index (κ2) is 3.94. The molecule has 13 heavy (non-hydrogen) atoms. The fourth-order valence-corrected chi connectivity index (χ4v) is 0.890. The van der Waals surface area contributed by atoms with Crippen LogP contribution in [0, 0.1) is 6.92 Å². The fourth-order valence-electron chi connectivity index (χ4n) is 0.890. The Morgan fingerprint density at radius 2 is 1.77 bits per heavy atom. The third-order valence-corrected chi connectivity index (χ3v) is 1.62. The van der Waals surface area contributed by atoms with Crippen LogP contribution in [0.25, 0.3) is 5.83 Å². The predicted molar refractivity (Wildman–Crippen MR) is 46.4 cm³/mol. The molecule has 0 radical (unpaired) electrons. The minimum atomic E-state index is -1.37. The van der Waals surface area contributed by atoms with Crippen LogP contribution >= 0.6 is 0 Å². The lowest BCUT2D eigenvalue weighted by Crippen LogP contribution is -1.84. The minimum Gasteiger partial charge on any atom is -0.295 e. The third kappa shape index (κ3) is 2.21. The molecule has 0 saturated heterocycles. The Bertz CT molecular complexity index is 338. The molecule has 0 aliphatic carbocycles. The second-order valence-corrected chi connectivity index (χ2v) is 2.65. The lowest BCUT2D eigenvalue weighted by atomic mass is 10.1. The van der Waals surface area contributed by atoms with Gasteiger partial charge < -0.3 is 0 Å². The van der Waals surface area contributed by atoms with Gasteiger partial charge in [-0.25, -0.2) is 8.78 Å². The molecule has 0 unspecified atom stereocenters. The Morgan fingerprint density at radius 3 is 2.23 bits per heavy atom. The molecule has 1 aromatic rings. The first kappa shape index (κ1) is 9.58.